The third kappa shape index (κ3) is 3.44. The van der Waals surface area contributed by atoms with Crippen molar-refractivity contribution in [3.63, 3.8) is 0 Å². The second kappa shape index (κ2) is 6.50. The Bertz CT molecular complexity index is 391. The predicted octanol–water partition coefficient (Wildman–Crippen LogP) is 3.43. The van der Waals surface area contributed by atoms with Gasteiger partial charge in [-0.2, -0.15) is 0 Å². The maximum Gasteiger partial charge on any atom is 0.123 e. The highest BCUT2D eigenvalue weighted by atomic mass is 35.5. The van der Waals surface area contributed by atoms with Crippen LogP contribution in [0.2, 0.25) is 5.02 Å². The van der Waals surface area contributed by atoms with Crippen LogP contribution in [0, 0.1) is 11.7 Å². The smallest absolute Gasteiger partial charge is 0.123 e. The standard InChI is InChI=1S/C14H20ClFN2/c15-13-7-6-12(16)8-11(13)9-14(18-17)10-4-2-1-3-5-10/h6-8,10,14,18H,1-5,9,17H2. The van der Waals surface area contributed by atoms with E-state index in [0.29, 0.717) is 17.4 Å². The molecule has 0 radical (unpaired) electrons. The summed E-state index contributed by atoms with van der Waals surface area (Å²) in [4.78, 5) is 0. The van der Waals surface area contributed by atoms with E-state index in [9.17, 15) is 4.39 Å². The molecule has 1 aliphatic carbocycles. The van der Waals surface area contributed by atoms with E-state index < -0.39 is 0 Å². The lowest BCUT2D eigenvalue weighted by atomic mass is 9.82. The first-order valence-electron chi connectivity index (χ1n) is 6.60. The van der Waals surface area contributed by atoms with Crippen molar-refractivity contribution >= 4 is 11.6 Å². The third-order valence-electron chi connectivity index (χ3n) is 3.88. The zero-order chi connectivity index (χ0) is 13.0. The van der Waals surface area contributed by atoms with E-state index in [1.54, 1.807) is 6.07 Å². The fraction of sp³-hybridized carbons (Fsp3) is 0.571. The Morgan fingerprint density at radius 3 is 2.72 bits per heavy atom. The van der Waals surface area contributed by atoms with E-state index in [1.807, 2.05) is 0 Å². The number of halogens is 2. The van der Waals surface area contributed by atoms with Crippen molar-refractivity contribution in [1.82, 2.24) is 5.43 Å². The molecule has 1 fully saturated rings. The maximum atomic E-state index is 13.2. The molecule has 1 aliphatic rings. The fourth-order valence-corrected chi connectivity index (χ4v) is 3.03. The van der Waals surface area contributed by atoms with Gasteiger partial charge in [-0.15, -0.1) is 0 Å². The van der Waals surface area contributed by atoms with Gasteiger partial charge in [0.25, 0.3) is 0 Å². The van der Waals surface area contributed by atoms with Gasteiger partial charge >= 0.3 is 0 Å². The first kappa shape index (κ1) is 13.8. The molecular formula is C14H20ClFN2. The van der Waals surface area contributed by atoms with E-state index in [4.69, 9.17) is 17.4 Å². The first-order valence-corrected chi connectivity index (χ1v) is 6.98. The Morgan fingerprint density at radius 1 is 1.33 bits per heavy atom. The summed E-state index contributed by atoms with van der Waals surface area (Å²) < 4.78 is 13.2. The van der Waals surface area contributed by atoms with Gasteiger partial charge in [0.1, 0.15) is 5.82 Å². The molecule has 0 amide bonds. The van der Waals surface area contributed by atoms with Crippen molar-refractivity contribution < 1.29 is 4.39 Å². The molecule has 0 saturated heterocycles. The lowest BCUT2D eigenvalue weighted by Crippen LogP contribution is -2.43. The average molecular weight is 271 g/mol. The van der Waals surface area contributed by atoms with Gasteiger partial charge in [0.05, 0.1) is 0 Å². The molecule has 1 aromatic rings. The van der Waals surface area contributed by atoms with Gasteiger partial charge in [-0.1, -0.05) is 30.9 Å². The van der Waals surface area contributed by atoms with Crippen molar-refractivity contribution in [3.05, 3.63) is 34.6 Å². The van der Waals surface area contributed by atoms with E-state index >= 15 is 0 Å². The average Bonchev–Trinajstić information content (AvgIpc) is 2.41. The van der Waals surface area contributed by atoms with Crippen LogP contribution < -0.4 is 11.3 Å². The molecule has 0 bridgehead atoms. The van der Waals surface area contributed by atoms with Crippen molar-refractivity contribution in [3.8, 4) is 0 Å². The topological polar surface area (TPSA) is 38.0 Å². The summed E-state index contributed by atoms with van der Waals surface area (Å²) in [6.07, 6.45) is 6.93. The Hall–Kier alpha value is -0.640. The number of nitrogens with one attached hydrogen (secondary N) is 1. The first-order chi connectivity index (χ1) is 8.70. The molecule has 2 rings (SSSR count). The molecule has 0 heterocycles. The summed E-state index contributed by atoms with van der Waals surface area (Å²) in [5.41, 5.74) is 3.72. The quantitative estimate of drug-likeness (QED) is 0.650. The summed E-state index contributed by atoms with van der Waals surface area (Å²) in [5, 5.41) is 0.618. The van der Waals surface area contributed by atoms with Crippen LogP contribution in [0.1, 0.15) is 37.7 Å². The van der Waals surface area contributed by atoms with Crippen LogP contribution in [-0.2, 0) is 6.42 Å². The number of hydrogen-bond acceptors (Lipinski definition) is 2. The van der Waals surface area contributed by atoms with Crippen LogP contribution in [0.25, 0.3) is 0 Å². The monoisotopic (exact) mass is 270 g/mol. The fourth-order valence-electron chi connectivity index (χ4n) is 2.83. The molecule has 2 nitrogen and oxygen atoms in total. The van der Waals surface area contributed by atoms with Crippen LogP contribution in [0.15, 0.2) is 18.2 Å². The molecule has 1 saturated carbocycles. The summed E-state index contributed by atoms with van der Waals surface area (Å²) in [7, 11) is 0. The lowest BCUT2D eigenvalue weighted by Gasteiger charge is -2.30. The van der Waals surface area contributed by atoms with Gasteiger partial charge in [0.15, 0.2) is 0 Å². The molecule has 3 N–H and O–H groups in total. The maximum absolute atomic E-state index is 13.2. The molecule has 100 valence electrons. The van der Waals surface area contributed by atoms with E-state index in [1.165, 1.54) is 44.2 Å². The van der Waals surface area contributed by atoms with E-state index in [-0.39, 0.29) is 11.9 Å². The molecule has 1 unspecified atom stereocenters. The van der Waals surface area contributed by atoms with Crippen LogP contribution in [0.4, 0.5) is 4.39 Å². The number of rotatable bonds is 4. The highest BCUT2D eigenvalue weighted by Gasteiger charge is 2.23. The highest BCUT2D eigenvalue weighted by Crippen LogP contribution is 2.29. The van der Waals surface area contributed by atoms with Crippen molar-refractivity contribution in [2.24, 2.45) is 11.8 Å². The molecule has 4 heteroatoms. The summed E-state index contributed by atoms with van der Waals surface area (Å²) in [6, 6.07) is 4.69. The van der Waals surface area contributed by atoms with Crippen LogP contribution in [-0.4, -0.2) is 6.04 Å². The Labute approximate surface area is 113 Å². The van der Waals surface area contributed by atoms with E-state index in [0.717, 1.165) is 5.56 Å². The van der Waals surface area contributed by atoms with E-state index in [2.05, 4.69) is 5.43 Å². The molecular weight excluding hydrogens is 251 g/mol. The van der Waals surface area contributed by atoms with Gasteiger partial charge in [-0.25, -0.2) is 4.39 Å². The van der Waals surface area contributed by atoms with Crippen molar-refractivity contribution in [2.45, 2.75) is 44.6 Å². The largest absolute Gasteiger partial charge is 0.271 e. The molecule has 0 aliphatic heterocycles. The van der Waals surface area contributed by atoms with Gasteiger partial charge < -0.3 is 0 Å². The summed E-state index contributed by atoms with van der Waals surface area (Å²) in [5.74, 6) is 5.98. The SMILES string of the molecule is NNC(Cc1cc(F)ccc1Cl)C1CCCCC1. The molecule has 18 heavy (non-hydrogen) atoms. The third-order valence-corrected chi connectivity index (χ3v) is 4.25. The second-order valence-electron chi connectivity index (χ2n) is 5.11. The highest BCUT2D eigenvalue weighted by molar-refractivity contribution is 6.31. The summed E-state index contributed by atoms with van der Waals surface area (Å²) >= 11 is 6.10. The minimum Gasteiger partial charge on any atom is -0.271 e. The van der Waals surface area contributed by atoms with Gasteiger partial charge in [0.2, 0.25) is 0 Å². The van der Waals surface area contributed by atoms with Crippen LogP contribution in [0.3, 0.4) is 0 Å². The minimum absolute atomic E-state index is 0.185. The predicted molar refractivity (Wildman–Crippen MR) is 72.8 cm³/mol. The van der Waals surface area contributed by atoms with Crippen molar-refractivity contribution in [1.29, 1.82) is 0 Å². The minimum atomic E-state index is -0.242. The normalized spacial score (nSPS) is 18.8. The van der Waals surface area contributed by atoms with Gasteiger partial charge in [-0.05, 0) is 48.9 Å². The number of benzene rings is 1. The number of nitrogens with two attached hydrogens (primary N) is 1. The van der Waals surface area contributed by atoms with Crippen LogP contribution in [0.5, 0.6) is 0 Å². The molecule has 1 aromatic carbocycles. The number of hydrazine groups is 1. The molecule has 0 spiro atoms. The lowest BCUT2D eigenvalue weighted by molar-refractivity contribution is 0.268. The van der Waals surface area contributed by atoms with Crippen molar-refractivity contribution in [2.75, 3.05) is 0 Å². The Morgan fingerprint density at radius 2 is 2.06 bits per heavy atom. The Kier molecular flexibility index (Phi) is 4.98. The molecule has 1 atom stereocenters. The van der Waals surface area contributed by atoms with Crippen LogP contribution >= 0.6 is 11.6 Å². The Balaban J connectivity index is 2.06. The summed E-state index contributed by atoms with van der Waals surface area (Å²) in [6.45, 7) is 0. The zero-order valence-electron chi connectivity index (χ0n) is 10.5. The van der Waals surface area contributed by atoms with Gasteiger partial charge in [-0.3, -0.25) is 11.3 Å². The van der Waals surface area contributed by atoms with Gasteiger partial charge in [0, 0.05) is 11.1 Å². The molecule has 0 aromatic heterocycles. The second-order valence-corrected chi connectivity index (χ2v) is 5.52. The zero-order valence-corrected chi connectivity index (χ0v) is 11.2. The number of hydrogen-bond donors (Lipinski definition) is 2.